The summed E-state index contributed by atoms with van der Waals surface area (Å²) in [6.45, 7) is 4.46. The third-order valence-corrected chi connectivity index (χ3v) is 3.17. The van der Waals surface area contributed by atoms with Crippen LogP contribution in [0.1, 0.15) is 26.7 Å². The van der Waals surface area contributed by atoms with Gasteiger partial charge in [-0.05, 0) is 18.6 Å². The first kappa shape index (κ1) is 12.6. The topological polar surface area (TPSA) is 40.6 Å². The summed E-state index contributed by atoms with van der Waals surface area (Å²) in [4.78, 5) is 27.0. The maximum atomic E-state index is 12.1. The molecule has 4 nitrogen and oxygen atoms in total. The summed E-state index contributed by atoms with van der Waals surface area (Å²) < 4.78 is 0. The van der Waals surface area contributed by atoms with E-state index in [1.54, 1.807) is 9.80 Å². The minimum Gasteiger partial charge on any atom is -0.309 e. The van der Waals surface area contributed by atoms with Gasteiger partial charge in [-0.1, -0.05) is 25.5 Å². The lowest BCUT2D eigenvalue weighted by molar-refractivity contribution is -0.121. The molecule has 0 atom stereocenters. The number of benzene rings is 1. The van der Waals surface area contributed by atoms with Crippen LogP contribution in [-0.4, -0.2) is 24.9 Å². The molecule has 96 valence electrons. The SMILES string of the molecule is CCCCN1C(=O)CN(C(C)=O)c2ccccc21. The van der Waals surface area contributed by atoms with Crippen molar-refractivity contribution in [2.24, 2.45) is 0 Å². The van der Waals surface area contributed by atoms with Gasteiger partial charge in [-0.3, -0.25) is 9.59 Å². The summed E-state index contributed by atoms with van der Waals surface area (Å²) in [6, 6.07) is 7.58. The summed E-state index contributed by atoms with van der Waals surface area (Å²) in [5.41, 5.74) is 1.68. The summed E-state index contributed by atoms with van der Waals surface area (Å²) in [6.07, 6.45) is 2.02. The predicted molar refractivity (Wildman–Crippen MR) is 71.7 cm³/mol. The molecule has 0 spiro atoms. The van der Waals surface area contributed by atoms with Crippen molar-refractivity contribution in [2.45, 2.75) is 26.7 Å². The molecule has 18 heavy (non-hydrogen) atoms. The van der Waals surface area contributed by atoms with Gasteiger partial charge in [0, 0.05) is 13.5 Å². The highest BCUT2D eigenvalue weighted by Gasteiger charge is 2.30. The van der Waals surface area contributed by atoms with Crippen molar-refractivity contribution in [1.82, 2.24) is 0 Å². The third-order valence-electron chi connectivity index (χ3n) is 3.17. The Hall–Kier alpha value is -1.84. The molecule has 4 heteroatoms. The van der Waals surface area contributed by atoms with Crippen molar-refractivity contribution >= 4 is 23.2 Å². The summed E-state index contributed by atoms with van der Waals surface area (Å²) in [5.74, 6) is -0.0942. The van der Waals surface area contributed by atoms with Gasteiger partial charge in [0.05, 0.1) is 11.4 Å². The van der Waals surface area contributed by atoms with Crippen molar-refractivity contribution < 1.29 is 9.59 Å². The van der Waals surface area contributed by atoms with Gasteiger partial charge in [0.15, 0.2) is 0 Å². The Morgan fingerprint density at radius 1 is 1.28 bits per heavy atom. The Morgan fingerprint density at radius 2 is 1.94 bits per heavy atom. The molecule has 1 heterocycles. The molecule has 1 aliphatic rings. The van der Waals surface area contributed by atoms with E-state index in [1.165, 1.54) is 6.92 Å². The second-order valence-corrected chi connectivity index (χ2v) is 4.49. The second-order valence-electron chi connectivity index (χ2n) is 4.49. The molecule has 0 unspecified atom stereocenters. The van der Waals surface area contributed by atoms with Gasteiger partial charge < -0.3 is 9.80 Å². The van der Waals surface area contributed by atoms with Crippen molar-refractivity contribution in [2.75, 3.05) is 22.9 Å². The number of rotatable bonds is 3. The van der Waals surface area contributed by atoms with Crippen LogP contribution in [0.2, 0.25) is 0 Å². The standard InChI is InChI=1S/C14H18N2O2/c1-3-4-9-15-12-7-5-6-8-13(12)16(11(2)17)10-14(15)18/h5-8H,3-4,9-10H2,1-2H3. The number of amides is 2. The molecule has 0 fully saturated rings. The Morgan fingerprint density at radius 3 is 2.56 bits per heavy atom. The zero-order valence-electron chi connectivity index (χ0n) is 10.8. The maximum Gasteiger partial charge on any atom is 0.247 e. The van der Waals surface area contributed by atoms with Gasteiger partial charge >= 0.3 is 0 Å². The average Bonchev–Trinajstić information content (AvgIpc) is 2.36. The lowest BCUT2D eigenvalue weighted by Gasteiger charge is -2.35. The van der Waals surface area contributed by atoms with Crippen LogP contribution in [0.25, 0.3) is 0 Å². The van der Waals surface area contributed by atoms with Crippen molar-refractivity contribution in [3.8, 4) is 0 Å². The average molecular weight is 246 g/mol. The molecule has 1 aromatic carbocycles. The highest BCUT2D eigenvalue weighted by atomic mass is 16.2. The third kappa shape index (κ3) is 2.23. The smallest absolute Gasteiger partial charge is 0.247 e. The zero-order valence-corrected chi connectivity index (χ0v) is 10.8. The molecule has 1 aromatic rings. The number of unbranched alkanes of at least 4 members (excludes halogenated alkanes) is 1. The first-order valence-electron chi connectivity index (χ1n) is 6.32. The summed E-state index contributed by atoms with van der Waals surface area (Å²) in [5, 5.41) is 0. The number of hydrogen-bond donors (Lipinski definition) is 0. The molecular weight excluding hydrogens is 228 g/mol. The van der Waals surface area contributed by atoms with Gasteiger partial charge in [0.2, 0.25) is 11.8 Å². The molecule has 0 saturated carbocycles. The minimum absolute atomic E-state index is 0.00245. The largest absolute Gasteiger partial charge is 0.309 e. The molecule has 0 radical (unpaired) electrons. The maximum absolute atomic E-state index is 12.1. The highest BCUT2D eigenvalue weighted by Crippen LogP contribution is 2.33. The Balaban J connectivity index is 2.38. The second kappa shape index (κ2) is 5.21. The molecule has 0 saturated heterocycles. The van der Waals surface area contributed by atoms with E-state index in [9.17, 15) is 9.59 Å². The fourth-order valence-electron chi connectivity index (χ4n) is 2.20. The lowest BCUT2D eigenvalue weighted by Crippen LogP contribution is -2.47. The lowest BCUT2D eigenvalue weighted by atomic mass is 10.1. The minimum atomic E-state index is -0.0917. The molecule has 0 aromatic heterocycles. The normalized spacial score (nSPS) is 14.7. The molecule has 0 N–H and O–H groups in total. The quantitative estimate of drug-likeness (QED) is 0.820. The van der Waals surface area contributed by atoms with Crippen LogP contribution in [0.5, 0.6) is 0 Å². The molecular formula is C14H18N2O2. The van der Waals surface area contributed by atoms with Gasteiger partial charge in [0.25, 0.3) is 0 Å². The molecule has 0 bridgehead atoms. The van der Waals surface area contributed by atoms with Crippen molar-refractivity contribution in [3.05, 3.63) is 24.3 Å². The van der Waals surface area contributed by atoms with Crippen LogP contribution in [0.4, 0.5) is 11.4 Å². The monoisotopic (exact) mass is 246 g/mol. The van der Waals surface area contributed by atoms with E-state index in [4.69, 9.17) is 0 Å². The number of carbonyl (C=O) groups excluding carboxylic acids is 2. The number of para-hydroxylation sites is 2. The van der Waals surface area contributed by atoms with E-state index >= 15 is 0 Å². The summed E-state index contributed by atoms with van der Waals surface area (Å²) >= 11 is 0. The predicted octanol–water partition coefficient (Wildman–Crippen LogP) is 2.19. The molecule has 2 amide bonds. The summed E-state index contributed by atoms with van der Waals surface area (Å²) in [7, 11) is 0. The van der Waals surface area contributed by atoms with Crippen LogP contribution < -0.4 is 9.80 Å². The Labute approximate surface area is 107 Å². The highest BCUT2D eigenvalue weighted by molar-refractivity contribution is 6.10. The van der Waals surface area contributed by atoms with E-state index in [-0.39, 0.29) is 18.4 Å². The van der Waals surface area contributed by atoms with Crippen molar-refractivity contribution in [3.63, 3.8) is 0 Å². The first-order chi connectivity index (χ1) is 8.65. The fourth-order valence-corrected chi connectivity index (χ4v) is 2.20. The molecule has 0 aliphatic carbocycles. The zero-order chi connectivity index (χ0) is 13.1. The van der Waals surface area contributed by atoms with E-state index in [0.29, 0.717) is 0 Å². The van der Waals surface area contributed by atoms with Crippen LogP contribution in [0.3, 0.4) is 0 Å². The van der Waals surface area contributed by atoms with E-state index < -0.39 is 0 Å². The number of nitrogens with zero attached hydrogens (tertiary/aromatic N) is 2. The first-order valence-corrected chi connectivity index (χ1v) is 6.32. The van der Waals surface area contributed by atoms with Crippen LogP contribution in [0.15, 0.2) is 24.3 Å². The molecule has 2 rings (SSSR count). The number of fused-ring (bicyclic) bond motifs is 1. The Bertz CT molecular complexity index is 471. The van der Waals surface area contributed by atoms with Crippen LogP contribution >= 0.6 is 0 Å². The number of anilines is 2. The van der Waals surface area contributed by atoms with E-state index in [2.05, 4.69) is 6.92 Å². The van der Waals surface area contributed by atoms with E-state index in [1.807, 2.05) is 24.3 Å². The van der Waals surface area contributed by atoms with E-state index in [0.717, 1.165) is 30.8 Å². The number of carbonyl (C=O) groups is 2. The van der Waals surface area contributed by atoms with Gasteiger partial charge in [0.1, 0.15) is 6.54 Å². The van der Waals surface area contributed by atoms with Crippen molar-refractivity contribution in [1.29, 1.82) is 0 Å². The van der Waals surface area contributed by atoms with Crippen LogP contribution in [-0.2, 0) is 9.59 Å². The molecule has 1 aliphatic heterocycles. The van der Waals surface area contributed by atoms with Gasteiger partial charge in [-0.25, -0.2) is 0 Å². The number of hydrogen-bond acceptors (Lipinski definition) is 2. The van der Waals surface area contributed by atoms with Crippen LogP contribution in [0, 0.1) is 0 Å². The Kier molecular flexibility index (Phi) is 3.65. The van der Waals surface area contributed by atoms with Gasteiger partial charge in [-0.2, -0.15) is 0 Å². The fraction of sp³-hybridized carbons (Fsp3) is 0.429. The van der Waals surface area contributed by atoms with Gasteiger partial charge in [-0.15, -0.1) is 0 Å².